The van der Waals surface area contributed by atoms with E-state index >= 15 is 0 Å². The van der Waals surface area contributed by atoms with Crippen LogP contribution in [0.4, 0.5) is 14.5 Å². The van der Waals surface area contributed by atoms with Crippen LogP contribution in [0.3, 0.4) is 0 Å². The predicted molar refractivity (Wildman–Crippen MR) is 74.5 cm³/mol. The average Bonchev–Trinajstić information content (AvgIpc) is 2.81. The Bertz CT molecular complexity index is 440. The van der Waals surface area contributed by atoms with Gasteiger partial charge >= 0.3 is 6.61 Å². The van der Waals surface area contributed by atoms with E-state index in [0.717, 1.165) is 19.5 Å². The van der Waals surface area contributed by atoms with Crippen molar-refractivity contribution >= 4 is 24.0 Å². The molecule has 0 aromatic heterocycles. The first-order chi connectivity index (χ1) is 9.13. The zero-order valence-corrected chi connectivity index (χ0v) is 11.6. The van der Waals surface area contributed by atoms with Gasteiger partial charge in [0.2, 0.25) is 5.91 Å². The van der Waals surface area contributed by atoms with Crippen molar-refractivity contribution in [2.75, 3.05) is 18.4 Å². The van der Waals surface area contributed by atoms with E-state index in [4.69, 9.17) is 0 Å². The van der Waals surface area contributed by atoms with Crippen LogP contribution in [0.5, 0.6) is 5.75 Å². The van der Waals surface area contributed by atoms with Crippen LogP contribution in [0, 0.1) is 5.92 Å². The Hall–Kier alpha value is -1.40. The summed E-state index contributed by atoms with van der Waals surface area (Å²) in [7, 11) is 0. The van der Waals surface area contributed by atoms with E-state index in [-0.39, 0.29) is 24.1 Å². The van der Waals surface area contributed by atoms with Crippen LogP contribution in [0.15, 0.2) is 24.3 Å². The van der Waals surface area contributed by atoms with E-state index in [1.165, 1.54) is 12.1 Å². The number of halogens is 3. The summed E-state index contributed by atoms with van der Waals surface area (Å²) < 4.78 is 28.4. The van der Waals surface area contributed by atoms with E-state index in [9.17, 15) is 13.6 Å². The van der Waals surface area contributed by atoms with Gasteiger partial charge in [0.25, 0.3) is 0 Å². The number of amides is 1. The first-order valence-corrected chi connectivity index (χ1v) is 6.19. The molecule has 1 aliphatic rings. The molecule has 0 saturated carbocycles. The van der Waals surface area contributed by atoms with Crippen LogP contribution in [0.25, 0.3) is 0 Å². The molecule has 1 amide bonds. The van der Waals surface area contributed by atoms with Gasteiger partial charge in [-0.25, -0.2) is 0 Å². The van der Waals surface area contributed by atoms with Gasteiger partial charge in [0.1, 0.15) is 5.75 Å². The Morgan fingerprint density at radius 3 is 2.95 bits per heavy atom. The second-order valence-corrected chi connectivity index (χ2v) is 4.52. The fraction of sp³-hybridized carbons (Fsp3) is 0.462. The average molecular weight is 307 g/mol. The summed E-state index contributed by atoms with van der Waals surface area (Å²) in [5.74, 6) is 0.277. The topological polar surface area (TPSA) is 50.4 Å². The maximum atomic E-state index is 12.1. The standard InChI is InChI=1S/C13H16F2N2O2.ClH/c14-13(15)19-11-3-1-2-10(7-11)17-12(18)6-9-4-5-16-8-9;/h1-3,7,9,13,16H,4-6,8H2,(H,17,18);1H. The highest BCUT2D eigenvalue weighted by Gasteiger charge is 2.18. The SMILES string of the molecule is Cl.O=C(CC1CCNC1)Nc1cccc(OC(F)F)c1. The highest BCUT2D eigenvalue weighted by molar-refractivity contribution is 5.91. The van der Waals surface area contributed by atoms with Crippen LogP contribution in [0.1, 0.15) is 12.8 Å². The fourth-order valence-corrected chi connectivity index (χ4v) is 2.11. The summed E-state index contributed by atoms with van der Waals surface area (Å²) in [6.07, 6.45) is 1.43. The van der Waals surface area contributed by atoms with Gasteiger partial charge in [0.05, 0.1) is 0 Å². The molecule has 1 aromatic rings. The molecule has 1 heterocycles. The van der Waals surface area contributed by atoms with Crippen LogP contribution in [0.2, 0.25) is 0 Å². The fourth-order valence-electron chi connectivity index (χ4n) is 2.11. The van der Waals surface area contributed by atoms with Crippen molar-refractivity contribution < 1.29 is 18.3 Å². The first-order valence-electron chi connectivity index (χ1n) is 6.19. The summed E-state index contributed by atoms with van der Waals surface area (Å²) in [5.41, 5.74) is 0.467. The lowest BCUT2D eigenvalue weighted by atomic mass is 10.0. The molecule has 112 valence electrons. The Morgan fingerprint density at radius 1 is 1.50 bits per heavy atom. The number of carbonyl (C=O) groups excluding carboxylic acids is 1. The second kappa shape index (κ2) is 8.01. The summed E-state index contributed by atoms with van der Waals surface area (Å²) in [6.45, 7) is -1.08. The monoisotopic (exact) mass is 306 g/mol. The van der Waals surface area contributed by atoms with Crippen molar-refractivity contribution in [3.8, 4) is 5.75 Å². The number of hydrogen-bond donors (Lipinski definition) is 2. The molecule has 4 nitrogen and oxygen atoms in total. The lowest BCUT2D eigenvalue weighted by Gasteiger charge is -2.10. The van der Waals surface area contributed by atoms with Crippen LogP contribution < -0.4 is 15.4 Å². The molecule has 0 bridgehead atoms. The number of alkyl halides is 2. The maximum Gasteiger partial charge on any atom is 0.387 e. The molecular formula is C13H17ClF2N2O2. The van der Waals surface area contributed by atoms with Crippen LogP contribution >= 0.6 is 12.4 Å². The lowest BCUT2D eigenvalue weighted by molar-refractivity contribution is -0.116. The molecule has 1 saturated heterocycles. The number of rotatable bonds is 5. The minimum absolute atomic E-state index is 0. The highest BCUT2D eigenvalue weighted by Crippen LogP contribution is 2.20. The van der Waals surface area contributed by atoms with Gasteiger partial charge in [-0.15, -0.1) is 12.4 Å². The molecule has 1 unspecified atom stereocenters. The Labute approximate surface area is 122 Å². The molecule has 2 N–H and O–H groups in total. The summed E-state index contributed by atoms with van der Waals surface area (Å²) in [4.78, 5) is 11.8. The van der Waals surface area contributed by atoms with E-state index in [0.29, 0.717) is 18.0 Å². The zero-order chi connectivity index (χ0) is 13.7. The molecule has 0 spiro atoms. The van der Waals surface area contributed by atoms with Crippen molar-refractivity contribution in [1.82, 2.24) is 5.32 Å². The van der Waals surface area contributed by atoms with Crippen molar-refractivity contribution in [1.29, 1.82) is 0 Å². The Balaban J connectivity index is 0.00000200. The van der Waals surface area contributed by atoms with Crippen molar-refractivity contribution in [2.24, 2.45) is 5.92 Å². The number of anilines is 1. The molecule has 1 fully saturated rings. The number of benzene rings is 1. The van der Waals surface area contributed by atoms with Gasteiger partial charge in [-0.05, 0) is 37.6 Å². The largest absolute Gasteiger partial charge is 0.435 e. The zero-order valence-electron chi connectivity index (χ0n) is 10.8. The smallest absolute Gasteiger partial charge is 0.387 e. The van der Waals surface area contributed by atoms with E-state index < -0.39 is 6.61 Å². The van der Waals surface area contributed by atoms with Gasteiger partial charge < -0.3 is 15.4 Å². The molecule has 20 heavy (non-hydrogen) atoms. The number of carbonyl (C=O) groups is 1. The molecule has 2 rings (SSSR count). The van der Waals surface area contributed by atoms with Gasteiger partial charge in [0, 0.05) is 18.2 Å². The number of nitrogens with one attached hydrogen (secondary N) is 2. The molecule has 1 aromatic carbocycles. The normalized spacial score (nSPS) is 17.6. The van der Waals surface area contributed by atoms with Gasteiger partial charge in [-0.2, -0.15) is 8.78 Å². The molecule has 1 aliphatic heterocycles. The maximum absolute atomic E-state index is 12.1. The van der Waals surface area contributed by atoms with E-state index in [2.05, 4.69) is 15.4 Å². The van der Waals surface area contributed by atoms with E-state index in [1.54, 1.807) is 12.1 Å². The van der Waals surface area contributed by atoms with Crippen LogP contribution in [-0.2, 0) is 4.79 Å². The third kappa shape index (κ3) is 5.30. The summed E-state index contributed by atoms with van der Waals surface area (Å²) >= 11 is 0. The summed E-state index contributed by atoms with van der Waals surface area (Å²) in [5, 5.41) is 5.88. The molecule has 0 radical (unpaired) electrons. The summed E-state index contributed by atoms with van der Waals surface area (Å²) in [6, 6.07) is 6.01. The quantitative estimate of drug-likeness (QED) is 0.879. The van der Waals surface area contributed by atoms with Crippen molar-refractivity contribution in [2.45, 2.75) is 19.5 Å². The minimum Gasteiger partial charge on any atom is -0.435 e. The number of hydrogen-bond acceptors (Lipinski definition) is 3. The lowest BCUT2D eigenvalue weighted by Crippen LogP contribution is -2.18. The highest BCUT2D eigenvalue weighted by atomic mass is 35.5. The van der Waals surface area contributed by atoms with Gasteiger partial charge in [-0.3, -0.25) is 4.79 Å². The van der Waals surface area contributed by atoms with Crippen molar-refractivity contribution in [3.05, 3.63) is 24.3 Å². The predicted octanol–water partition coefficient (Wildman–Crippen LogP) is 2.65. The van der Waals surface area contributed by atoms with Gasteiger partial charge in [0.15, 0.2) is 0 Å². The first kappa shape index (κ1) is 16.7. The molecule has 0 aliphatic carbocycles. The van der Waals surface area contributed by atoms with E-state index in [1.807, 2.05) is 0 Å². The molecule has 1 atom stereocenters. The Morgan fingerprint density at radius 2 is 2.30 bits per heavy atom. The second-order valence-electron chi connectivity index (χ2n) is 4.52. The van der Waals surface area contributed by atoms with Crippen LogP contribution in [-0.4, -0.2) is 25.6 Å². The Kier molecular flexibility index (Phi) is 6.67. The third-order valence-electron chi connectivity index (χ3n) is 2.98. The molecule has 7 heteroatoms. The van der Waals surface area contributed by atoms with Gasteiger partial charge in [-0.1, -0.05) is 6.07 Å². The number of ether oxygens (including phenoxy) is 1. The minimum atomic E-state index is -2.87. The third-order valence-corrected chi connectivity index (χ3v) is 2.98. The molecular weight excluding hydrogens is 290 g/mol. The van der Waals surface area contributed by atoms with Crippen molar-refractivity contribution in [3.63, 3.8) is 0 Å².